The lowest BCUT2D eigenvalue weighted by Gasteiger charge is -2.13. The maximum absolute atomic E-state index is 5.78. The van der Waals surface area contributed by atoms with Crippen molar-refractivity contribution < 1.29 is 9.47 Å². The Morgan fingerprint density at radius 2 is 2.22 bits per heavy atom. The van der Waals surface area contributed by atoms with Gasteiger partial charge in [-0.05, 0) is 37.5 Å². The molecular formula is C19H28N6O2. The van der Waals surface area contributed by atoms with Gasteiger partial charge >= 0.3 is 0 Å². The fourth-order valence-electron chi connectivity index (χ4n) is 2.78. The Morgan fingerprint density at radius 1 is 1.33 bits per heavy atom. The van der Waals surface area contributed by atoms with Crippen LogP contribution in [-0.4, -0.2) is 59.7 Å². The van der Waals surface area contributed by atoms with Gasteiger partial charge in [0.2, 0.25) is 0 Å². The Morgan fingerprint density at radius 3 is 2.93 bits per heavy atom. The van der Waals surface area contributed by atoms with Gasteiger partial charge in [-0.15, -0.1) is 0 Å². The first-order chi connectivity index (χ1) is 13.3. The number of aromatic nitrogens is 3. The summed E-state index contributed by atoms with van der Waals surface area (Å²) >= 11 is 0. The molecule has 8 heteroatoms. The van der Waals surface area contributed by atoms with Gasteiger partial charge in [0.05, 0.1) is 24.9 Å². The average molecular weight is 372 g/mol. The van der Waals surface area contributed by atoms with Crippen molar-refractivity contribution in [1.29, 1.82) is 0 Å². The molecule has 146 valence electrons. The normalized spacial score (nSPS) is 17.2. The Hall–Kier alpha value is -2.45. The molecule has 1 saturated heterocycles. The standard InChI is InChI=1S/C19H28N6O2/c1-2-21-19(22-9-3-10-27-18-8-11-26-13-18)23-12-16-4-6-17(7-5-16)25-15-20-14-24-25/h4-7,14-15,18H,2-3,8-13H2,1H3,(H2,21,22,23). The van der Waals surface area contributed by atoms with Crippen molar-refractivity contribution in [2.24, 2.45) is 4.99 Å². The number of rotatable bonds is 9. The molecule has 0 saturated carbocycles. The predicted octanol–water partition coefficient (Wildman–Crippen LogP) is 1.52. The van der Waals surface area contributed by atoms with Crippen LogP contribution in [0, 0.1) is 0 Å². The van der Waals surface area contributed by atoms with E-state index in [1.807, 2.05) is 12.1 Å². The van der Waals surface area contributed by atoms with Gasteiger partial charge in [0.25, 0.3) is 0 Å². The highest BCUT2D eigenvalue weighted by molar-refractivity contribution is 5.79. The summed E-state index contributed by atoms with van der Waals surface area (Å²) < 4.78 is 12.8. The minimum Gasteiger partial charge on any atom is -0.379 e. The summed E-state index contributed by atoms with van der Waals surface area (Å²) in [5.74, 6) is 0.821. The first kappa shape index (κ1) is 19.3. The van der Waals surface area contributed by atoms with E-state index >= 15 is 0 Å². The molecule has 27 heavy (non-hydrogen) atoms. The smallest absolute Gasteiger partial charge is 0.191 e. The van der Waals surface area contributed by atoms with E-state index in [-0.39, 0.29) is 6.10 Å². The Balaban J connectivity index is 1.42. The summed E-state index contributed by atoms with van der Waals surface area (Å²) in [4.78, 5) is 8.61. The van der Waals surface area contributed by atoms with E-state index in [1.54, 1.807) is 11.0 Å². The quantitative estimate of drug-likeness (QED) is 0.394. The molecule has 1 fully saturated rings. The number of hydrogen-bond acceptors (Lipinski definition) is 5. The van der Waals surface area contributed by atoms with Gasteiger partial charge in [0, 0.05) is 26.3 Å². The minimum atomic E-state index is 0.271. The van der Waals surface area contributed by atoms with Gasteiger partial charge in [-0.25, -0.2) is 14.7 Å². The molecule has 3 rings (SSSR count). The summed E-state index contributed by atoms with van der Waals surface area (Å²) in [5.41, 5.74) is 2.12. The molecule has 1 aromatic heterocycles. The van der Waals surface area contributed by atoms with Crippen molar-refractivity contribution in [3.05, 3.63) is 42.5 Å². The summed E-state index contributed by atoms with van der Waals surface area (Å²) in [7, 11) is 0. The number of hydrogen-bond donors (Lipinski definition) is 2. The minimum absolute atomic E-state index is 0.271. The molecule has 2 N–H and O–H groups in total. The molecule has 8 nitrogen and oxygen atoms in total. The maximum Gasteiger partial charge on any atom is 0.191 e. The third-order valence-corrected chi connectivity index (χ3v) is 4.24. The number of nitrogens with one attached hydrogen (secondary N) is 2. The molecule has 1 unspecified atom stereocenters. The van der Waals surface area contributed by atoms with Gasteiger partial charge in [-0.1, -0.05) is 12.1 Å². The lowest BCUT2D eigenvalue weighted by Crippen LogP contribution is -2.38. The molecule has 2 aromatic rings. The molecule has 0 aliphatic carbocycles. The molecule has 2 heterocycles. The van der Waals surface area contributed by atoms with Crippen LogP contribution in [0.2, 0.25) is 0 Å². The highest BCUT2D eigenvalue weighted by Gasteiger charge is 2.15. The first-order valence-corrected chi connectivity index (χ1v) is 9.50. The fourth-order valence-corrected chi connectivity index (χ4v) is 2.78. The van der Waals surface area contributed by atoms with Crippen molar-refractivity contribution in [3.8, 4) is 5.69 Å². The highest BCUT2D eigenvalue weighted by Crippen LogP contribution is 2.09. The molecule has 1 aliphatic heterocycles. The zero-order chi connectivity index (χ0) is 18.7. The van der Waals surface area contributed by atoms with Crippen molar-refractivity contribution in [1.82, 2.24) is 25.4 Å². The van der Waals surface area contributed by atoms with E-state index in [2.05, 4.69) is 44.8 Å². The van der Waals surface area contributed by atoms with Gasteiger partial charge in [0.1, 0.15) is 12.7 Å². The van der Waals surface area contributed by atoms with Crippen molar-refractivity contribution >= 4 is 5.96 Å². The van der Waals surface area contributed by atoms with Crippen LogP contribution in [0.4, 0.5) is 0 Å². The predicted molar refractivity (Wildman–Crippen MR) is 104 cm³/mol. The van der Waals surface area contributed by atoms with Crippen LogP contribution < -0.4 is 10.6 Å². The molecule has 0 bridgehead atoms. The van der Waals surface area contributed by atoms with Crippen LogP contribution in [0.15, 0.2) is 41.9 Å². The lowest BCUT2D eigenvalue weighted by molar-refractivity contribution is 0.0420. The Bertz CT molecular complexity index is 681. The Labute approximate surface area is 160 Å². The van der Waals surface area contributed by atoms with E-state index in [9.17, 15) is 0 Å². The van der Waals surface area contributed by atoms with Gasteiger partial charge < -0.3 is 20.1 Å². The zero-order valence-electron chi connectivity index (χ0n) is 15.8. The van der Waals surface area contributed by atoms with Gasteiger partial charge in [-0.3, -0.25) is 0 Å². The molecule has 1 aliphatic rings. The first-order valence-electron chi connectivity index (χ1n) is 9.50. The van der Waals surface area contributed by atoms with Gasteiger partial charge in [0.15, 0.2) is 5.96 Å². The number of benzene rings is 1. The lowest BCUT2D eigenvalue weighted by atomic mass is 10.2. The summed E-state index contributed by atoms with van der Waals surface area (Å²) in [6, 6.07) is 8.15. The monoisotopic (exact) mass is 372 g/mol. The third-order valence-electron chi connectivity index (χ3n) is 4.24. The number of ether oxygens (including phenoxy) is 2. The molecule has 0 amide bonds. The molecule has 0 radical (unpaired) electrons. The second-order valence-corrected chi connectivity index (χ2v) is 6.34. The van der Waals surface area contributed by atoms with E-state index in [0.29, 0.717) is 6.54 Å². The summed E-state index contributed by atoms with van der Waals surface area (Å²) in [6.07, 6.45) is 5.43. The van der Waals surface area contributed by atoms with Crippen LogP contribution in [0.25, 0.3) is 5.69 Å². The largest absolute Gasteiger partial charge is 0.379 e. The van der Waals surface area contributed by atoms with Crippen LogP contribution in [0.5, 0.6) is 0 Å². The molecule has 1 atom stereocenters. The van der Waals surface area contributed by atoms with Crippen molar-refractivity contribution in [2.45, 2.75) is 32.4 Å². The van der Waals surface area contributed by atoms with Crippen molar-refractivity contribution in [3.63, 3.8) is 0 Å². The topological polar surface area (TPSA) is 85.6 Å². The van der Waals surface area contributed by atoms with Crippen molar-refractivity contribution in [2.75, 3.05) is 32.9 Å². The van der Waals surface area contributed by atoms with Crippen LogP contribution in [0.3, 0.4) is 0 Å². The average Bonchev–Trinajstić information content (AvgIpc) is 3.40. The second-order valence-electron chi connectivity index (χ2n) is 6.34. The number of aliphatic imine (C=N–C) groups is 1. The maximum atomic E-state index is 5.78. The van der Waals surface area contributed by atoms with Gasteiger partial charge in [-0.2, -0.15) is 5.10 Å². The number of guanidine groups is 1. The Kier molecular flexibility index (Phi) is 7.61. The second kappa shape index (κ2) is 10.6. The van der Waals surface area contributed by atoms with Crippen LogP contribution in [0.1, 0.15) is 25.3 Å². The number of nitrogens with zero attached hydrogens (tertiary/aromatic N) is 4. The van der Waals surface area contributed by atoms with Crippen LogP contribution >= 0.6 is 0 Å². The zero-order valence-corrected chi connectivity index (χ0v) is 15.8. The van der Waals surface area contributed by atoms with E-state index in [1.165, 1.54) is 6.33 Å². The molecule has 1 aromatic carbocycles. The van der Waals surface area contributed by atoms with E-state index in [4.69, 9.17) is 9.47 Å². The molecule has 0 spiro atoms. The fraction of sp³-hybridized carbons (Fsp3) is 0.526. The summed E-state index contributed by atoms with van der Waals surface area (Å²) in [6.45, 7) is 6.62. The SMILES string of the molecule is CCNC(=NCc1ccc(-n2cncn2)cc1)NCCCOC1CCOC1. The molecular weight excluding hydrogens is 344 g/mol. The van der Waals surface area contributed by atoms with E-state index in [0.717, 1.165) is 63.0 Å². The van der Waals surface area contributed by atoms with Crippen LogP contribution in [-0.2, 0) is 16.0 Å². The third kappa shape index (κ3) is 6.33. The van der Waals surface area contributed by atoms with E-state index < -0.39 is 0 Å². The highest BCUT2D eigenvalue weighted by atomic mass is 16.5. The summed E-state index contributed by atoms with van der Waals surface area (Å²) in [5, 5.41) is 10.8.